The van der Waals surface area contributed by atoms with E-state index < -0.39 is 5.97 Å². The molecule has 0 bridgehead atoms. The van der Waals surface area contributed by atoms with Gasteiger partial charge in [-0.15, -0.1) is 0 Å². The van der Waals surface area contributed by atoms with Crippen LogP contribution in [0.1, 0.15) is 10.4 Å². The second kappa shape index (κ2) is 2.84. The molecule has 0 atom stereocenters. The molecule has 3 heteroatoms. The van der Waals surface area contributed by atoms with E-state index in [1.165, 1.54) is 6.07 Å². The molecule has 0 heterocycles. The van der Waals surface area contributed by atoms with Crippen LogP contribution in [0, 0.1) is 6.07 Å². The molecule has 0 fully saturated rings. The molecule has 0 unspecified atom stereocenters. The van der Waals surface area contributed by atoms with Crippen LogP contribution in [0.15, 0.2) is 22.7 Å². The third-order valence-corrected chi connectivity index (χ3v) is 1.73. The molecule has 0 saturated heterocycles. The molecule has 1 aromatic rings. The summed E-state index contributed by atoms with van der Waals surface area (Å²) in [7, 11) is 0. The number of carbonyl (C=O) groups is 1. The van der Waals surface area contributed by atoms with Crippen molar-refractivity contribution in [1.82, 2.24) is 0 Å². The zero-order valence-electron chi connectivity index (χ0n) is 4.97. The first kappa shape index (κ1) is 7.28. The fourth-order valence-electron chi connectivity index (χ4n) is 0.575. The lowest BCUT2D eigenvalue weighted by molar-refractivity contribution is 0.0696. The number of hydrogen-bond donors (Lipinski definition) is 1. The monoisotopic (exact) mass is 199 g/mol. The topological polar surface area (TPSA) is 37.3 Å². The van der Waals surface area contributed by atoms with Crippen LogP contribution in [0.5, 0.6) is 0 Å². The number of carboxylic acids is 1. The minimum absolute atomic E-state index is 0.238. The van der Waals surface area contributed by atoms with Crippen LogP contribution in [0.25, 0.3) is 0 Å². The summed E-state index contributed by atoms with van der Waals surface area (Å²) in [6.07, 6.45) is 0. The number of hydrogen-bond acceptors (Lipinski definition) is 1. The van der Waals surface area contributed by atoms with Crippen molar-refractivity contribution in [3.05, 3.63) is 34.3 Å². The lowest BCUT2D eigenvalue weighted by Crippen LogP contribution is -1.96. The number of aromatic carboxylic acids is 1. The molecular formula is C7H4BrO2. The molecule has 0 saturated carbocycles. The van der Waals surface area contributed by atoms with E-state index in [2.05, 4.69) is 22.0 Å². The van der Waals surface area contributed by atoms with E-state index >= 15 is 0 Å². The van der Waals surface area contributed by atoms with Gasteiger partial charge in [0.05, 0.1) is 5.56 Å². The normalized spacial score (nSPS) is 9.30. The van der Waals surface area contributed by atoms with Gasteiger partial charge in [0.2, 0.25) is 0 Å². The molecule has 2 nitrogen and oxygen atoms in total. The van der Waals surface area contributed by atoms with E-state index in [1.54, 1.807) is 12.1 Å². The molecule has 0 aliphatic carbocycles. The van der Waals surface area contributed by atoms with Crippen LogP contribution in [0.4, 0.5) is 0 Å². The summed E-state index contributed by atoms with van der Waals surface area (Å²) in [5, 5.41) is 8.52. The Labute approximate surface area is 66.6 Å². The molecule has 10 heavy (non-hydrogen) atoms. The molecule has 51 valence electrons. The van der Waals surface area contributed by atoms with Gasteiger partial charge in [-0.1, -0.05) is 6.07 Å². The molecule has 1 N–H and O–H groups in total. The standard InChI is InChI=1S/C7H4BrO2/c8-6-4-2-1-3-5(6)7(9)10/h2-4H,(H,9,10). The highest BCUT2D eigenvalue weighted by molar-refractivity contribution is 9.10. The molecule has 0 aliphatic rings. The summed E-state index contributed by atoms with van der Waals surface area (Å²) in [4.78, 5) is 10.4. The first-order chi connectivity index (χ1) is 4.72. The van der Waals surface area contributed by atoms with Gasteiger partial charge in [0, 0.05) is 4.47 Å². The van der Waals surface area contributed by atoms with Crippen molar-refractivity contribution in [2.45, 2.75) is 0 Å². The zero-order chi connectivity index (χ0) is 7.56. The van der Waals surface area contributed by atoms with Gasteiger partial charge in [0.1, 0.15) is 0 Å². The van der Waals surface area contributed by atoms with Crippen molar-refractivity contribution in [1.29, 1.82) is 0 Å². The molecule has 0 aliphatic heterocycles. The fraction of sp³-hybridized carbons (Fsp3) is 0. The summed E-state index contributed by atoms with van der Waals surface area (Å²) in [5.41, 5.74) is 0.238. The van der Waals surface area contributed by atoms with Gasteiger partial charge < -0.3 is 5.11 Å². The number of halogens is 1. The van der Waals surface area contributed by atoms with Crippen molar-refractivity contribution in [3.63, 3.8) is 0 Å². The van der Waals surface area contributed by atoms with Gasteiger partial charge in [0.25, 0.3) is 0 Å². The van der Waals surface area contributed by atoms with E-state index in [-0.39, 0.29) is 5.56 Å². The van der Waals surface area contributed by atoms with Crippen LogP contribution in [0.3, 0.4) is 0 Å². The molecule has 1 aromatic carbocycles. The van der Waals surface area contributed by atoms with Crippen LogP contribution in [-0.4, -0.2) is 11.1 Å². The minimum atomic E-state index is -0.941. The molecule has 0 aromatic heterocycles. The molecule has 0 spiro atoms. The summed E-state index contributed by atoms with van der Waals surface area (Å²) >= 11 is 3.10. The summed E-state index contributed by atoms with van der Waals surface area (Å²) in [6, 6.07) is 7.39. The molecule has 1 radical (unpaired) electrons. The number of rotatable bonds is 1. The van der Waals surface area contributed by atoms with Gasteiger partial charge in [-0.05, 0) is 34.1 Å². The highest BCUT2D eigenvalue weighted by Crippen LogP contribution is 2.14. The summed E-state index contributed by atoms with van der Waals surface area (Å²) < 4.78 is 0.582. The van der Waals surface area contributed by atoms with Crippen LogP contribution in [0.2, 0.25) is 0 Å². The van der Waals surface area contributed by atoms with E-state index in [1.807, 2.05) is 0 Å². The van der Waals surface area contributed by atoms with Gasteiger partial charge in [-0.25, -0.2) is 4.79 Å². The van der Waals surface area contributed by atoms with Gasteiger partial charge in [0.15, 0.2) is 0 Å². The van der Waals surface area contributed by atoms with Crippen LogP contribution < -0.4 is 0 Å². The number of carboxylic acid groups (broad SMARTS) is 1. The Morgan fingerprint density at radius 1 is 1.70 bits per heavy atom. The highest BCUT2D eigenvalue weighted by atomic mass is 79.9. The van der Waals surface area contributed by atoms with Crippen molar-refractivity contribution >= 4 is 21.9 Å². The maximum Gasteiger partial charge on any atom is 0.336 e. The lowest BCUT2D eigenvalue weighted by atomic mass is 10.2. The Morgan fingerprint density at radius 3 is 2.80 bits per heavy atom. The van der Waals surface area contributed by atoms with Crippen molar-refractivity contribution in [3.8, 4) is 0 Å². The predicted octanol–water partition coefficient (Wildman–Crippen LogP) is 1.95. The third kappa shape index (κ3) is 1.36. The largest absolute Gasteiger partial charge is 0.478 e. The fourth-order valence-corrected chi connectivity index (χ4v) is 0.992. The van der Waals surface area contributed by atoms with Gasteiger partial charge in [-0.3, -0.25) is 0 Å². The first-order valence-electron chi connectivity index (χ1n) is 2.60. The second-order valence-electron chi connectivity index (χ2n) is 1.71. The maximum absolute atomic E-state index is 10.4. The van der Waals surface area contributed by atoms with Gasteiger partial charge >= 0.3 is 5.97 Å². The van der Waals surface area contributed by atoms with Crippen LogP contribution in [-0.2, 0) is 0 Å². The van der Waals surface area contributed by atoms with E-state index in [0.717, 1.165) is 0 Å². The Balaban J connectivity index is 3.15. The maximum atomic E-state index is 10.4. The molecule has 1 rings (SSSR count). The quantitative estimate of drug-likeness (QED) is 0.751. The second-order valence-corrected chi connectivity index (χ2v) is 2.57. The first-order valence-corrected chi connectivity index (χ1v) is 3.40. The summed E-state index contributed by atoms with van der Waals surface area (Å²) in [5.74, 6) is -0.941. The zero-order valence-corrected chi connectivity index (χ0v) is 6.55. The van der Waals surface area contributed by atoms with Gasteiger partial charge in [-0.2, -0.15) is 0 Å². The smallest absolute Gasteiger partial charge is 0.336 e. The van der Waals surface area contributed by atoms with E-state index in [0.29, 0.717) is 4.47 Å². The predicted molar refractivity (Wildman–Crippen MR) is 39.9 cm³/mol. The Kier molecular flexibility index (Phi) is 2.06. The van der Waals surface area contributed by atoms with Crippen molar-refractivity contribution in [2.24, 2.45) is 0 Å². The third-order valence-electron chi connectivity index (χ3n) is 1.04. The Hall–Kier alpha value is -0.830. The van der Waals surface area contributed by atoms with E-state index in [9.17, 15) is 4.79 Å². The van der Waals surface area contributed by atoms with E-state index in [4.69, 9.17) is 5.11 Å². The molecular weight excluding hydrogens is 196 g/mol. The minimum Gasteiger partial charge on any atom is -0.478 e. The van der Waals surface area contributed by atoms with Crippen LogP contribution >= 0.6 is 15.9 Å². The Bertz CT molecular complexity index is 258. The van der Waals surface area contributed by atoms with Crippen molar-refractivity contribution < 1.29 is 9.90 Å². The number of benzene rings is 1. The Morgan fingerprint density at radius 2 is 2.40 bits per heavy atom. The highest BCUT2D eigenvalue weighted by Gasteiger charge is 2.04. The van der Waals surface area contributed by atoms with Crippen molar-refractivity contribution in [2.75, 3.05) is 0 Å². The average molecular weight is 200 g/mol. The summed E-state index contributed by atoms with van der Waals surface area (Å²) in [6.45, 7) is 0. The SMILES string of the molecule is O=C(O)c1c[c]ccc1Br. The lowest BCUT2D eigenvalue weighted by Gasteiger charge is -1.94. The average Bonchev–Trinajstić information content (AvgIpc) is 1.88. The molecule has 0 amide bonds.